The van der Waals surface area contributed by atoms with Crippen LogP contribution in [-0.2, 0) is 0 Å². The van der Waals surface area contributed by atoms with E-state index in [4.69, 9.17) is 0 Å². The Bertz CT molecular complexity index is 73.7. The van der Waals surface area contributed by atoms with E-state index >= 15 is 0 Å². The third-order valence-electron chi connectivity index (χ3n) is 1.75. The van der Waals surface area contributed by atoms with Crippen molar-refractivity contribution in [3.8, 4) is 0 Å². The topological polar surface area (TPSA) is 6.48 Å². The molecular formula is C8H20N2. The summed E-state index contributed by atoms with van der Waals surface area (Å²) >= 11 is 0. The summed E-state index contributed by atoms with van der Waals surface area (Å²) in [6.45, 7) is 9.86. The number of hydrogen-bond acceptors (Lipinski definition) is 2. The number of hydrogen-bond donors (Lipinski definition) is 0. The second-order valence-corrected chi connectivity index (χ2v) is 2.28. The largest absolute Gasteiger partial charge is 0.245 e. The van der Waals surface area contributed by atoms with Crippen molar-refractivity contribution in [2.24, 2.45) is 0 Å². The van der Waals surface area contributed by atoms with E-state index < -0.39 is 0 Å². The number of hydrazine groups is 1. The van der Waals surface area contributed by atoms with Crippen LogP contribution in [0.25, 0.3) is 0 Å². The molecule has 1 rings (SSSR count). The molecule has 10 heavy (non-hydrogen) atoms. The van der Waals surface area contributed by atoms with Crippen LogP contribution in [0.1, 0.15) is 27.2 Å². The van der Waals surface area contributed by atoms with Gasteiger partial charge in [-0.05, 0) is 6.42 Å². The zero-order valence-electron chi connectivity index (χ0n) is 7.72. The van der Waals surface area contributed by atoms with Crippen molar-refractivity contribution in [1.29, 1.82) is 0 Å². The summed E-state index contributed by atoms with van der Waals surface area (Å²) in [7, 11) is 2.15. The molecule has 0 bridgehead atoms. The molecule has 2 heteroatoms. The lowest BCUT2D eigenvalue weighted by molar-refractivity contribution is 0.0629. The van der Waals surface area contributed by atoms with Gasteiger partial charge in [-0.15, -0.1) is 0 Å². The summed E-state index contributed by atoms with van der Waals surface area (Å²) in [5.41, 5.74) is 0. The minimum Gasteiger partial charge on any atom is -0.245 e. The third-order valence-corrected chi connectivity index (χ3v) is 1.75. The number of nitrogens with zero attached hydrogens (tertiary/aromatic N) is 2. The molecule has 1 fully saturated rings. The molecule has 0 aromatic carbocycles. The van der Waals surface area contributed by atoms with Gasteiger partial charge in [0.1, 0.15) is 0 Å². The van der Waals surface area contributed by atoms with Crippen molar-refractivity contribution in [2.45, 2.75) is 27.2 Å². The molecule has 62 valence electrons. The maximum Gasteiger partial charge on any atom is 0.0145 e. The normalized spacial score (nSPS) is 20.4. The smallest absolute Gasteiger partial charge is 0.0145 e. The minimum atomic E-state index is 1.16. The monoisotopic (exact) mass is 144 g/mol. The molecule has 0 unspecified atom stereocenters. The Morgan fingerprint density at radius 1 is 1.20 bits per heavy atom. The SMILES string of the molecule is CC.CCN1CCCN1C. The van der Waals surface area contributed by atoms with E-state index in [2.05, 4.69) is 24.0 Å². The van der Waals surface area contributed by atoms with E-state index in [1.54, 1.807) is 0 Å². The van der Waals surface area contributed by atoms with Crippen LogP contribution >= 0.6 is 0 Å². The van der Waals surface area contributed by atoms with E-state index in [0.717, 1.165) is 6.54 Å². The zero-order valence-corrected chi connectivity index (χ0v) is 7.72. The fourth-order valence-electron chi connectivity index (χ4n) is 1.19. The lowest BCUT2D eigenvalue weighted by atomic mass is 10.5. The van der Waals surface area contributed by atoms with Crippen LogP contribution in [0.2, 0.25) is 0 Å². The molecule has 0 aromatic rings. The first-order valence-corrected chi connectivity index (χ1v) is 4.30. The molecule has 1 heterocycles. The van der Waals surface area contributed by atoms with Gasteiger partial charge in [0.15, 0.2) is 0 Å². The van der Waals surface area contributed by atoms with Gasteiger partial charge in [-0.2, -0.15) is 0 Å². The molecule has 2 nitrogen and oxygen atoms in total. The average Bonchev–Trinajstić information content (AvgIpc) is 2.39. The van der Waals surface area contributed by atoms with Gasteiger partial charge in [0, 0.05) is 26.7 Å². The first-order chi connectivity index (χ1) is 4.84. The second-order valence-electron chi connectivity index (χ2n) is 2.28. The standard InChI is InChI=1S/C6H14N2.C2H6/c1-3-8-6-4-5-7(8)2;1-2/h3-6H2,1-2H3;1-2H3. The molecule has 0 amide bonds. The van der Waals surface area contributed by atoms with Gasteiger partial charge in [-0.25, -0.2) is 10.0 Å². The lowest BCUT2D eigenvalue weighted by Crippen LogP contribution is -2.32. The molecule has 1 aliphatic heterocycles. The van der Waals surface area contributed by atoms with E-state index in [-0.39, 0.29) is 0 Å². The Morgan fingerprint density at radius 2 is 1.80 bits per heavy atom. The maximum atomic E-state index is 2.36. The molecule has 0 saturated carbocycles. The highest BCUT2D eigenvalue weighted by molar-refractivity contribution is 4.60. The van der Waals surface area contributed by atoms with E-state index in [0.29, 0.717) is 0 Å². The van der Waals surface area contributed by atoms with E-state index in [9.17, 15) is 0 Å². The Balaban J connectivity index is 0.000000371. The van der Waals surface area contributed by atoms with Gasteiger partial charge in [0.05, 0.1) is 0 Å². The summed E-state index contributed by atoms with van der Waals surface area (Å²) in [5, 5.41) is 4.65. The van der Waals surface area contributed by atoms with E-state index in [1.165, 1.54) is 19.5 Å². The summed E-state index contributed by atoms with van der Waals surface area (Å²) in [6, 6.07) is 0. The molecule has 0 spiro atoms. The highest BCUT2D eigenvalue weighted by Crippen LogP contribution is 2.04. The fraction of sp³-hybridized carbons (Fsp3) is 1.00. The Hall–Kier alpha value is -0.0800. The van der Waals surface area contributed by atoms with Gasteiger partial charge in [-0.3, -0.25) is 0 Å². The predicted octanol–water partition coefficient (Wildman–Crippen LogP) is 1.58. The van der Waals surface area contributed by atoms with Gasteiger partial charge in [0.25, 0.3) is 0 Å². The lowest BCUT2D eigenvalue weighted by Gasteiger charge is -2.21. The van der Waals surface area contributed by atoms with Crippen LogP contribution in [0.15, 0.2) is 0 Å². The van der Waals surface area contributed by atoms with Gasteiger partial charge < -0.3 is 0 Å². The van der Waals surface area contributed by atoms with Crippen molar-refractivity contribution < 1.29 is 0 Å². The van der Waals surface area contributed by atoms with Crippen LogP contribution in [0, 0.1) is 0 Å². The molecular weight excluding hydrogens is 124 g/mol. The maximum absolute atomic E-state index is 2.36. The van der Waals surface area contributed by atoms with Crippen molar-refractivity contribution >= 4 is 0 Å². The first kappa shape index (κ1) is 9.92. The molecule has 1 aliphatic rings. The molecule has 0 aliphatic carbocycles. The van der Waals surface area contributed by atoms with Crippen LogP contribution in [0.4, 0.5) is 0 Å². The Labute approximate surface area is 64.8 Å². The molecule has 1 saturated heterocycles. The Morgan fingerprint density at radius 3 is 2.00 bits per heavy atom. The highest BCUT2D eigenvalue weighted by Gasteiger charge is 2.14. The second kappa shape index (κ2) is 5.69. The van der Waals surface area contributed by atoms with Crippen LogP contribution in [0.5, 0.6) is 0 Å². The average molecular weight is 144 g/mol. The van der Waals surface area contributed by atoms with Crippen LogP contribution in [0.3, 0.4) is 0 Å². The van der Waals surface area contributed by atoms with Crippen LogP contribution < -0.4 is 0 Å². The molecule has 0 radical (unpaired) electrons. The number of rotatable bonds is 1. The highest BCUT2D eigenvalue weighted by atomic mass is 15.6. The quantitative estimate of drug-likeness (QED) is 0.551. The van der Waals surface area contributed by atoms with Crippen molar-refractivity contribution in [2.75, 3.05) is 26.7 Å². The zero-order chi connectivity index (χ0) is 7.98. The Kier molecular flexibility index (Phi) is 5.64. The van der Waals surface area contributed by atoms with Crippen molar-refractivity contribution in [3.63, 3.8) is 0 Å². The minimum absolute atomic E-state index is 1.16. The summed E-state index contributed by atoms with van der Waals surface area (Å²) in [4.78, 5) is 0. The van der Waals surface area contributed by atoms with Crippen molar-refractivity contribution in [1.82, 2.24) is 10.0 Å². The van der Waals surface area contributed by atoms with Gasteiger partial charge in [0.2, 0.25) is 0 Å². The van der Waals surface area contributed by atoms with E-state index in [1.807, 2.05) is 13.8 Å². The molecule has 0 atom stereocenters. The first-order valence-electron chi connectivity index (χ1n) is 4.30. The third kappa shape index (κ3) is 2.67. The molecule has 0 aromatic heterocycles. The van der Waals surface area contributed by atoms with Gasteiger partial charge >= 0.3 is 0 Å². The fourth-order valence-corrected chi connectivity index (χ4v) is 1.19. The predicted molar refractivity (Wildman–Crippen MR) is 45.8 cm³/mol. The molecule has 0 N–H and O–H groups in total. The van der Waals surface area contributed by atoms with Gasteiger partial charge in [-0.1, -0.05) is 20.8 Å². The van der Waals surface area contributed by atoms with Crippen LogP contribution in [-0.4, -0.2) is 36.7 Å². The summed E-state index contributed by atoms with van der Waals surface area (Å²) in [5.74, 6) is 0. The van der Waals surface area contributed by atoms with Crippen molar-refractivity contribution in [3.05, 3.63) is 0 Å². The summed E-state index contributed by atoms with van der Waals surface area (Å²) < 4.78 is 0. The summed E-state index contributed by atoms with van der Waals surface area (Å²) in [6.07, 6.45) is 1.34.